The highest BCUT2D eigenvalue weighted by Crippen LogP contribution is 2.13. The molecule has 1 N–H and O–H groups in total. The normalized spacial score (nSPS) is 10.1. The van der Waals surface area contributed by atoms with E-state index in [0.29, 0.717) is 5.75 Å². The lowest BCUT2D eigenvalue weighted by Gasteiger charge is -2.08. The summed E-state index contributed by atoms with van der Waals surface area (Å²) < 4.78 is 18.1. The van der Waals surface area contributed by atoms with Crippen LogP contribution in [0.4, 0.5) is 10.1 Å². The van der Waals surface area contributed by atoms with Crippen molar-refractivity contribution >= 4 is 11.6 Å². The molecule has 0 saturated heterocycles. The topological polar surface area (TPSA) is 38.3 Å². The summed E-state index contributed by atoms with van der Waals surface area (Å²) in [5.74, 6) is -0.335. The van der Waals surface area contributed by atoms with Crippen LogP contribution in [0.3, 0.4) is 0 Å². The van der Waals surface area contributed by atoms with Crippen molar-refractivity contribution in [1.82, 2.24) is 0 Å². The third kappa shape index (κ3) is 4.09. The molecule has 0 saturated carbocycles. The van der Waals surface area contributed by atoms with Gasteiger partial charge in [-0.25, -0.2) is 4.39 Å². The van der Waals surface area contributed by atoms with Gasteiger partial charge in [0, 0.05) is 11.8 Å². The van der Waals surface area contributed by atoms with Crippen LogP contribution in [-0.2, 0) is 11.2 Å². The minimum Gasteiger partial charge on any atom is -0.484 e. The van der Waals surface area contributed by atoms with E-state index in [1.165, 1.54) is 23.8 Å². The molecule has 2 aromatic rings. The maximum atomic E-state index is 12.9. The summed E-state index contributed by atoms with van der Waals surface area (Å²) in [5.41, 5.74) is 1.93. The quantitative estimate of drug-likeness (QED) is 0.906. The Labute approximate surface area is 117 Å². The second-order valence-electron chi connectivity index (χ2n) is 4.34. The molecule has 4 heteroatoms. The number of rotatable bonds is 5. The van der Waals surface area contributed by atoms with Gasteiger partial charge < -0.3 is 10.1 Å². The molecule has 104 valence electrons. The third-order valence-electron chi connectivity index (χ3n) is 2.81. The zero-order valence-electron chi connectivity index (χ0n) is 11.2. The van der Waals surface area contributed by atoms with Crippen molar-refractivity contribution in [2.75, 3.05) is 11.9 Å². The Morgan fingerprint density at radius 3 is 2.60 bits per heavy atom. The largest absolute Gasteiger partial charge is 0.484 e. The molecule has 0 aromatic heterocycles. The number of aryl methyl sites for hydroxylation is 1. The van der Waals surface area contributed by atoms with Crippen molar-refractivity contribution < 1.29 is 13.9 Å². The van der Waals surface area contributed by atoms with E-state index < -0.39 is 5.82 Å². The highest BCUT2D eigenvalue weighted by Gasteiger charge is 2.04. The summed E-state index contributed by atoms with van der Waals surface area (Å²) in [6.45, 7) is 1.92. The van der Waals surface area contributed by atoms with Gasteiger partial charge in [0.2, 0.25) is 0 Å². The van der Waals surface area contributed by atoms with Gasteiger partial charge in [0.1, 0.15) is 11.6 Å². The number of benzene rings is 2. The second-order valence-corrected chi connectivity index (χ2v) is 4.34. The molecule has 1 amide bonds. The Bertz CT molecular complexity index is 581. The first-order valence-electron chi connectivity index (χ1n) is 6.44. The molecule has 0 heterocycles. The highest BCUT2D eigenvalue weighted by molar-refractivity contribution is 5.91. The van der Waals surface area contributed by atoms with E-state index in [1.807, 2.05) is 24.3 Å². The van der Waals surface area contributed by atoms with Crippen molar-refractivity contribution in [3.8, 4) is 5.75 Å². The fourth-order valence-corrected chi connectivity index (χ4v) is 1.73. The van der Waals surface area contributed by atoms with Gasteiger partial charge in [-0.2, -0.15) is 0 Å². The van der Waals surface area contributed by atoms with Crippen LogP contribution in [0.5, 0.6) is 5.75 Å². The molecule has 0 spiro atoms. The summed E-state index contributed by atoms with van der Waals surface area (Å²) in [6.07, 6.45) is 0.955. The number of halogens is 1. The van der Waals surface area contributed by atoms with Crippen LogP contribution in [0.15, 0.2) is 48.5 Å². The molecule has 0 bridgehead atoms. The van der Waals surface area contributed by atoms with Gasteiger partial charge in [-0.3, -0.25) is 4.79 Å². The fraction of sp³-hybridized carbons (Fsp3) is 0.188. The molecule has 2 rings (SSSR count). The monoisotopic (exact) mass is 273 g/mol. The molecule has 0 unspecified atom stereocenters. The first-order chi connectivity index (χ1) is 9.67. The third-order valence-corrected chi connectivity index (χ3v) is 2.81. The van der Waals surface area contributed by atoms with E-state index in [0.717, 1.165) is 12.1 Å². The van der Waals surface area contributed by atoms with Crippen molar-refractivity contribution in [3.63, 3.8) is 0 Å². The number of carbonyl (C=O) groups is 1. The summed E-state index contributed by atoms with van der Waals surface area (Å²) >= 11 is 0. The van der Waals surface area contributed by atoms with Gasteiger partial charge in [-0.15, -0.1) is 0 Å². The molecule has 3 nitrogen and oxygen atoms in total. The number of carbonyl (C=O) groups excluding carboxylic acids is 1. The van der Waals surface area contributed by atoms with E-state index in [1.54, 1.807) is 6.07 Å². The lowest BCUT2D eigenvalue weighted by Crippen LogP contribution is -2.20. The zero-order valence-corrected chi connectivity index (χ0v) is 11.2. The Hall–Kier alpha value is -2.36. The van der Waals surface area contributed by atoms with Crippen molar-refractivity contribution in [3.05, 3.63) is 59.9 Å². The van der Waals surface area contributed by atoms with Crippen LogP contribution < -0.4 is 10.1 Å². The second kappa shape index (κ2) is 6.70. The molecule has 2 aromatic carbocycles. The molecule has 0 radical (unpaired) electrons. The maximum absolute atomic E-state index is 12.9. The summed E-state index contributed by atoms with van der Waals surface area (Å²) in [4.78, 5) is 11.7. The Morgan fingerprint density at radius 2 is 1.95 bits per heavy atom. The predicted molar refractivity (Wildman–Crippen MR) is 76.3 cm³/mol. The van der Waals surface area contributed by atoms with Crippen molar-refractivity contribution in [2.24, 2.45) is 0 Å². The van der Waals surface area contributed by atoms with Crippen molar-refractivity contribution in [2.45, 2.75) is 13.3 Å². The van der Waals surface area contributed by atoms with Crippen LogP contribution in [0.1, 0.15) is 12.5 Å². The number of nitrogens with one attached hydrogen (secondary N) is 1. The molecule has 0 aliphatic carbocycles. The Balaban J connectivity index is 1.85. The highest BCUT2D eigenvalue weighted by atomic mass is 19.1. The van der Waals surface area contributed by atoms with Crippen molar-refractivity contribution in [1.29, 1.82) is 0 Å². The summed E-state index contributed by atoms with van der Waals surface area (Å²) in [7, 11) is 0. The van der Waals surface area contributed by atoms with Gasteiger partial charge in [0.05, 0.1) is 0 Å². The lowest BCUT2D eigenvalue weighted by atomic mass is 10.1. The first-order valence-corrected chi connectivity index (χ1v) is 6.44. The van der Waals surface area contributed by atoms with E-state index in [2.05, 4.69) is 12.2 Å². The molecule has 0 aliphatic heterocycles. The van der Waals surface area contributed by atoms with E-state index >= 15 is 0 Å². The number of anilines is 1. The first kappa shape index (κ1) is 14.1. The average Bonchev–Trinajstić information content (AvgIpc) is 2.46. The zero-order chi connectivity index (χ0) is 14.4. The molecular weight excluding hydrogens is 257 g/mol. The fourth-order valence-electron chi connectivity index (χ4n) is 1.73. The standard InChI is InChI=1S/C16H16FNO2/c1-2-12-6-8-14(9-7-12)18-16(19)11-20-15-5-3-4-13(17)10-15/h3-10H,2,11H2,1H3,(H,18,19). The van der Waals surface area contributed by atoms with Gasteiger partial charge in [0.15, 0.2) is 6.61 Å². The van der Waals surface area contributed by atoms with Crippen LogP contribution in [-0.4, -0.2) is 12.5 Å². The van der Waals surface area contributed by atoms with E-state index in [-0.39, 0.29) is 12.5 Å². The molecule has 0 fully saturated rings. The summed E-state index contributed by atoms with van der Waals surface area (Å²) in [5, 5.41) is 2.72. The molecular formula is C16H16FNO2. The minimum absolute atomic E-state index is 0.154. The van der Waals surface area contributed by atoms with E-state index in [4.69, 9.17) is 4.74 Å². The number of hydrogen-bond donors (Lipinski definition) is 1. The van der Waals surface area contributed by atoms with Gasteiger partial charge >= 0.3 is 0 Å². The predicted octanol–water partition coefficient (Wildman–Crippen LogP) is 3.41. The molecule has 0 aliphatic rings. The lowest BCUT2D eigenvalue weighted by molar-refractivity contribution is -0.118. The van der Waals surface area contributed by atoms with Crippen LogP contribution >= 0.6 is 0 Å². The maximum Gasteiger partial charge on any atom is 0.262 e. The van der Waals surface area contributed by atoms with E-state index in [9.17, 15) is 9.18 Å². The Kier molecular flexibility index (Phi) is 4.71. The number of ether oxygens (including phenoxy) is 1. The van der Waals surface area contributed by atoms with Gasteiger partial charge in [-0.1, -0.05) is 25.1 Å². The summed E-state index contributed by atoms with van der Waals surface area (Å²) in [6, 6.07) is 13.3. The van der Waals surface area contributed by atoms with Gasteiger partial charge in [0.25, 0.3) is 5.91 Å². The molecule has 0 atom stereocenters. The molecule has 20 heavy (non-hydrogen) atoms. The van der Waals surface area contributed by atoms with Crippen LogP contribution in [0.25, 0.3) is 0 Å². The van der Waals surface area contributed by atoms with Crippen LogP contribution in [0.2, 0.25) is 0 Å². The SMILES string of the molecule is CCc1ccc(NC(=O)COc2cccc(F)c2)cc1. The Morgan fingerprint density at radius 1 is 1.20 bits per heavy atom. The van der Waals surface area contributed by atoms with Crippen LogP contribution in [0, 0.1) is 5.82 Å². The number of hydrogen-bond acceptors (Lipinski definition) is 2. The number of amides is 1. The minimum atomic E-state index is -0.391. The smallest absolute Gasteiger partial charge is 0.262 e. The average molecular weight is 273 g/mol. The van der Waals surface area contributed by atoms with Gasteiger partial charge in [-0.05, 0) is 36.2 Å².